The maximum atomic E-state index is 12.2. The lowest BCUT2D eigenvalue weighted by Gasteiger charge is -2.28. The van der Waals surface area contributed by atoms with Gasteiger partial charge in [0.05, 0.1) is 0 Å². The predicted octanol–water partition coefficient (Wildman–Crippen LogP) is 2.25. The second-order valence-corrected chi connectivity index (χ2v) is 6.69. The highest BCUT2D eigenvalue weighted by Crippen LogP contribution is 2.18. The van der Waals surface area contributed by atoms with Crippen molar-refractivity contribution in [2.24, 2.45) is 0 Å². The molecule has 2 aromatic carbocycles. The Balaban J connectivity index is 1.49. The largest absolute Gasteiger partial charge is 0.480 e. The van der Waals surface area contributed by atoms with Crippen LogP contribution in [0.3, 0.4) is 0 Å². The Bertz CT molecular complexity index is 761. The highest BCUT2D eigenvalue weighted by atomic mass is 16.4. The molecule has 136 valence electrons. The van der Waals surface area contributed by atoms with E-state index < -0.39 is 12.0 Å². The number of benzene rings is 2. The highest BCUT2D eigenvalue weighted by Gasteiger charge is 2.21. The van der Waals surface area contributed by atoms with E-state index in [2.05, 4.69) is 28.4 Å². The molecule has 1 heterocycles. The third-order valence-corrected chi connectivity index (χ3v) is 4.78. The summed E-state index contributed by atoms with van der Waals surface area (Å²) in [6.45, 7) is 2.41. The highest BCUT2D eigenvalue weighted by molar-refractivity contribution is 5.83. The second kappa shape index (κ2) is 8.63. The van der Waals surface area contributed by atoms with Gasteiger partial charge in [0, 0.05) is 32.5 Å². The number of amides is 1. The molecule has 3 rings (SSSR count). The number of rotatable bonds is 7. The Hall–Kier alpha value is -2.66. The molecule has 1 aliphatic heterocycles. The Labute approximate surface area is 153 Å². The molecule has 1 atom stereocenters. The van der Waals surface area contributed by atoms with E-state index >= 15 is 0 Å². The normalized spacial score (nSPS) is 15.1. The molecule has 0 spiro atoms. The standard InChI is InChI=1S/C21H24N2O3/c24-20(22-19(21(25)26)14-16-6-2-1-3-7-16)11-13-23-12-10-17-8-4-5-9-18(17)15-23/h1-9,19H,10-15H2,(H,22,24)(H,25,26)/t19-/m0/s1. The van der Waals surface area contributed by atoms with Crippen LogP contribution < -0.4 is 5.32 Å². The SMILES string of the molecule is O=C(CCN1CCc2ccccc2C1)N[C@@H](Cc1ccccc1)C(=O)O. The summed E-state index contributed by atoms with van der Waals surface area (Å²) in [5.41, 5.74) is 3.58. The van der Waals surface area contributed by atoms with Crippen molar-refractivity contribution < 1.29 is 14.7 Å². The number of carboxylic acid groups (broad SMARTS) is 1. The van der Waals surface area contributed by atoms with Crippen molar-refractivity contribution in [3.63, 3.8) is 0 Å². The third kappa shape index (κ3) is 4.92. The lowest BCUT2D eigenvalue weighted by Crippen LogP contribution is -2.43. The summed E-state index contributed by atoms with van der Waals surface area (Å²) in [5.74, 6) is -1.22. The molecule has 2 aromatic rings. The molecular weight excluding hydrogens is 328 g/mol. The molecule has 0 saturated heterocycles. The zero-order chi connectivity index (χ0) is 18.4. The second-order valence-electron chi connectivity index (χ2n) is 6.69. The van der Waals surface area contributed by atoms with Crippen LogP contribution in [0, 0.1) is 0 Å². The summed E-state index contributed by atoms with van der Waals surface area (Å²) in [6.07, 6.45) is 1.59. The van der Waals surface area contributed by atoms with Crippen molar-refractivity contribution in [3.8, 4) is 0 Å². The fraction of sp³-hybridized carbons (Fsp3) is 0.333. The van der Waals surface area contributed by atoms with Crippen LogP contribution in [0.1, 0.15) is 23.1 Å². The first-order chi connectivity index (χ1) is 12.6. The first-order valence-electron chi connectivity index (χ1n) is 8.97. The van der Waals surface area contributed by atoms with Crippen molar-refractivity contribution in [2.75, 3.05) is 13.1 Å². The van der Waals surface area contributed by atoms with Crippen LogP contribution in [-0.2, 0) is 29.0 Å². The van der Waals surface area contributed by atoms with E-state index in [4.69, 9.17) is 0 Å². The van der Waals surface area contributed by atoms with Crippen LogP contribution in [0.4, 0.5) is 0 Å². The first-order valence-corrected chi connectivity index (χ1v) is 8.97. The number of carbonyl (C=O) groups excluding carboxylic acids is 1. The van der Waals surface area contributed by atoms with Gasteiger partial charge in [0.15, 0.2) is 0 Å². The molecule has 0 aliphatic carbocycles. The fourth-order valence-corrected chi connectivity index (χ4v) is 3.32. The minimum absolute atomic E-state index is 0.216. The van der Waals surface area contributed by atoms with Crippen LogP contribution in [0.25, 0.3) is 0 Å². The number of hydrogen-bond acceptors (Lipinski definition) is 3. The molecule has 0 aromatic heterocycles. The van der Waals surface area contributed by atoms with Gasteiger partial charge in [-0.1, -0.05) is 54.6 Å². The lowest BCUT2D eigenvalue weighted by atomic mass is 10.00. The van der Waals surface area contributed by atoms with Crippen LogP contribution in [0.5, 0.6) is 0 Å². The van der Waals surface area contributed by atoms with Gasteiger partial charge in [0.25, 0.3) is 0 Å². The molecule has 0 bridgehead atoms. The van der Waals surface area contributed by atoms with Crippen molar-refractivity contribution in [2.45, 2.75) is 31.8 Å². The Morgan fingerprint density at radius 3 is 2.46 bits per heavy atom. The predicted molar refractivity (Wildman–Crippen MR) is 99.8 cm³/mol. The molecule has 5 heteroatoms. The minimum Gasteiger partial charge on any atom is -0.480 e. The molecule has 1 aliphatic rings. The Morgan fingerprint density at radius 2 is 1.73 bits per heavy atom. The zero-order valence-electron chi connectivity index (χ0n) is 14.7. The van der Waals surface area contributed by atoms with Crippen LogP contribution in [0.2, 0.25) is 0 Å². The van der Waals surface area contributed by atoms with Gasteiger partial charge >= 0.3 is 5.97 Å². The van der Waals surface area contributed by atoms with E-state index in [-0.39, 0.29) is 5.91 Å². The topological polar surface area (TPSA) is 69.6 Å². The number of nitrogens with one attached hydrogen (secondary N) is 1. The van der Waals surface area contributed by atoms with E-state index in [1.807, 2.05) is 36.4 Å². The quantitative estimate of drug-likeness (QED) is 0.802. The van der Waals surface area contributed by atoms with Gasteiger partial charge in [-0.25, -0.2) is 4.79 Å². The van der Waals surface area contributed by atoms with E-state index in [1.165, 1.54) is 11.1 Å². The molecular formula is C21H24N2O3. The third-order valence-electron chi connectivity index (χ3n) is 4.78. The van der Waals surface area contributed by atoms with E-state index in [9.17, 15) is 14.7 Å². The van der Waals surface area contributed by atoms with E-state index in [0.717, 1.165) is 25.1 Å². The van der Waals surface area contributed by atoms with Gasteiger partial charge in [-0.2, -0.15) is 0 Å². The lowest BCUT2D eigenvalue weighted by molar-refractivity contribution is -0.141. The van der Waals surface area contributed by atoms with Gasteiger partial charge < -0.3 is 10.4 Å². The minimum atomic E-state index is -1.01. The molecule has 1 amide bonds. The summed E-state index contributed by atoms with van der Waals surface area (Å²) in [6, 6.07) is 16.8. The monoisotopic (exact) mass is 352 g/mol. The number of carbonyl (C=O) groups is 2. The van der Waals surface area contributed by atoms with Gasteiger partial charge in [-0.3, -0.25) is 9.69 Å². The van der Waals surface area contributed by atoms with Crippen LogP contribution >= 0.6 is 0 Å². The zero-order valence-corrected chi connectivity index (χ0v) is 14.7. The van der Waals surface area contributed by atoms with Crippen LogP contribution in [0.15, 0.2) is 54.6 Å². The average molecular weight is 352 g/mol. The number of carboxylic acids is 1. The maximum Gasteiger partial charge on any atom is 0.326 e. The van der Waals surface area contributed by atoms with E-state index in [1.54, 1.807) is 0 Å². The molecule has 0 saturated carbocycles. The average Bonchev–Trinajstić information content (AvgIpc) is 2.66. The smallest absolute Gasteiger partial charge is 0.326 e. The van der Waals surface area contributed by atoms with Crippen molar-refractivity contribution in [1.82, 2.24) is 10.2 Å². The van der Waals surface area contributed by atoms with Crippen LogP contribution in [-0.4, -0.2) is 41.0 Å². The van der Waals surface area contributed by atoms with Crippen molar-refractivity contribution >= 4 is 11.9 Å². The van der Waals surface area contributed by atoms with E-state index in [0.29, 0.717) is 19.4 Å². The van der Waals surface area contributed by atoms with Gasteiger partial charge in [0.2, 0.25) is 5.91 Å². The van der Waals surface area contributed by atoms with Gasteiger partial charge in [-0.05, 0) is 23.1 Å². The van der Waals surface area contributed by atoms with Crippen molar-refractivity contribution in [3.05, 3.63) is 71.3 Å². The number of hydrogen-bond donors (Lipinski definition) is 2. The fourth-order valence-electron chi connectivity index (χ4n) is 3.32. The Morgan fingerprint density at radius 1 is 1.04 bits per heavy atom. The number of nitrogens with zero attached hydrogens (tertiary/aromatic N) is 1. The molecule has 2 N–H and O–H groups in total. The summed E-state index contributed by atoms with van der Waals surface area (Å²) >= 11 is 0. The first kappa shape index (κ1) is 18.1. The Kier molecular flexibility index (Phi) is 6.02. The summed E-state index contributed by atoms with van der Waals surface area (Å²) in [5, 5.41) is 12.0. The molecule has 0 unspecified atom stereocenters. The molecule has 5 nitrogen and oxygen atoms in total. The maximum absolute atomic E-state index is 12.2. The number of fused-ring (bicyclic) bond motifs is 1. The number of aliphatic carboxylic acids is 1. The molecule has 0 fully saturated rings. The summed E-state index contributed by atoms with van der Waals surface area (Å²) in [7, 11) is 0. The summed E-state index contributed by atoms with van der Waals surface area (Å²) < 4.78 is 0. The van der Waals surface area contributed by atoms with Gasteiger partial charge in [0.1, 0.15) is 6.04 Å². The van der Waals surface area contributed by atoms with Crippen molar-refractivity contribution in [1.29, 1.82) is 0 Å². The molecule has 0 radical (unpaired) electrons. The molecule has 26 heavy (non-hydrogen) atoms. The van der Waals surface area contributed by atoms with Gasteiger partial charge in [-0.15, -0.1) is 0 Å². The summed E-state index contributed by atoms with van der Waals surface area (Å²) in [4.78, 5) is 25.9.